The van der Waals surface area contributed by atoms with Gasteiger partial charge in [-0.15, -0.1) is 0 Å². The topological polar surface area (TPSA) is 102 Å². The Morgan fingerprint density at radius 2 is 1.81 bits per heavy atom. The van der Waals surface area contributed by atoms with Crippen molar-refractivity contribution in [2.75, 3.05) is 13.2 Å². The van der Waals surface area contributed by atoms with Gasteiger partial charge in [0.2, 0.25) is 0 Å². The van der Waals surface area contributed by atoms with Crippen LogP contribution < -0.4 is 9.47 Å². The van der Waals surface area contributed by atoms with Gasteiger partial charge in [0.05, 0.1) is 12.3 Å². The Kier molecular flexibility index (Phi) is 7.49. The first-order valence-corrected chi connectivity index (χ1v) is 10.2. The van der Waals surface area contributed by atoms with Crippen LogP contribution in [0.15, 0.2) is 52.9 Å². The fraction of sp³-hybridized carbons (Fsp3) is 0.292. The van der Waals surface area contributed by atoms with Gasteiger partial charge in [-0.3, -0.25) is 9.69 Å². The maximum atomic E-state index is 12.6. The summed E-state index contributed by atoms with van der Waals surface area (Å²) in [4.78, 5) is 29.3. The monoisotopic (exact) mass is 438 g/mol. The first-order valence-electron chi connectivity index (χ1n) is 10.2. The molecule has 0 radical (unpaired) electrons. The highest BCUT2D eigenvalue weighted by Crippen LogP contribution is 2.18. The summed E-state index contributed by atoms with van der Waals surface area (Å²) in [5.74, 6) is 1.23. The maximum absolute atomic E-state index is 12.6. The van der Waals surface area contributed by atoms with E-state index in [1.807, 2.05) is 26.0 Å². The van der Waals surface area contributed by atoms with E-state index in [0.29, 0.717) is 30.4 Å². The number of ether oxygens (including phenoxy) is 2. The SMILES string of the molecule is Cc1ccc(OC(=O)N(CC(=O)O)Cc2cccc(OCCc3nc(C)oc3C)c2)cc1. The van der Waals surface area contributed by atoms with E-state index in [1.165, 1.54) is 0 Å². The Hall–Kier alpha value is -3.81. The smallest absolute Gasteiger partial charge is 0.416 e. The number of carbonyl (C=O) groups is 2. The molecule has 0 unspecified atom stereocenters. The molecule has 1 N–H and O–H groups in total. The highest BCUT2D eigenvalue weighted by atomic mass is 16.6. The molecule has 8 nitrogen and oxygen atoms in total. The molecule has 2 aromatic carbocycles. The summed E-state index contributed by atoms with van der Waals surface area (Å²) in [6, 6.07) is 14.1. The van der Waals surface area contributed by atoms with Crippen LogP contribution in [0.1, 0.15) is 28.5 Å². The molecular formula is C24H26N2O6. The van der Waals surface area contributed by atoms with Gasteiger partial charge in [-0.2, -0.15) is 0 Å². The summed E-state index contributed by atoms with van der Waals surface area (Å²) in [6.07, 6.45) is -0.138. The van der Waals surface area contributed by atoms with E-state index in [1.54, 1.807) is 43.3 Å². The summed E-state index contributed by atoms with van der Waals surface area (Å²) in [7, 11) is 0. The number of nitrogens with zero attached hydrogens (tertiary/aromatic N) is 2. The number of carboxylic acids is 1. The number of hydrogen-bond donors (Lipinski definition) is 1. The Morgan fingerprint density at radius 3 is 2.47 bits per heavy atom. The summed E-state index contributed by atoms with van der Waals surface area (Å²) >= 11 is 0. The largest absolute Gasteiger partial charge is 0.493 e. The molecule has 0 saturated heterocycles. The van der Waals surface area contributed by atoms with Crippen molar-refractivity contribution in [3.05, 3.63) is 77.0 Å². The number of benzene rings is 2. The molecule has 168 valence electrons. The highest BCUT2D eigenvalue weighted by molar-refractivity contribution is 5.78. The average molecular weight is 438 g/mol. The second-order valence-electron chi connectivity index (χ2n) is 7.41. The Balaban J connectivity index is 1.62. The van der Waals surface area contributed by atoms with Crippen LogP contribution in [0.2, 0.25) is 0 Å². The number of carboxylic acid groups (broad SMARTS) is 1. The lowest BCUT2D eigenvalue weighted by molar-refractivity contribution is -0.138. The third-order valence-electron chi connectivity index (χ3n) is 4.69. The zero-order valence-electron chi connectivity index (χ0n) is 18.3. The molecule has 0 saturated carbocycles. The van der Waals surface area contributed by atoms with Gasteiger partial charge >= 0.3 is 12.1 Å². The molecule has 0 atom stereocenters. The number of aliphatic carboxylic acids is 1. The van der Waals surface area contributed by atoms with E-state index in [2.05, 4.69) is 4.98 Å². The number of rotatable bonds is 9. The number of hydrogen-bond acceptors (Lipinski definition) is 6. The Bertz CT molecular complexity index is 1070. The molecule has 0 aliphatic heterocycles. The van der Waals surface area contributed by atoms with Crippen LogP contribution in [0.25, 0.3) is 0 Å². The van der Waals surface area contributed by atoms with Gasteiger partial charge in [0.15, 0.2) is 5.89 Å². The van der Waals surface area contributed by atoms with Crippen LogP contribution in [0, 0.1) is 20.8 Å². The quantitative estimate of drug-likeness (QED) is 0.531. The molecule has 0 aliphatic rings. The van der Waals surface area contributed by atoms with Gasteiger partial charge < -0.3 is 19.0 Å². The zero-order valence-corrected chi connectivity index (χ0v) is 18.3. The van der Waals surface area contributed by atoms with Crippen LogP contribution in [0.5, 0.6) is 11.5 Å². The molecule has 8 heteroatoms. The highest BCUT2D eigenvalue weighted by Gasteiger charge is 2.20. The number of aromatic nitrogens is 1. The minimum absolute atomic E-state index is 0.0653. The normalized spacial score (nSPS) is 10.6. The van der Waals surface area contributed by atoms with Gasteiger partial charge in [0.1, 0.15) is 23.8 Å². The third-order valence-corrected chi connectivity index (χ3v) is 4.69. The number of amides is 1. The van der Waals surface area contributed by atoms with E-state index in [-0.39, 0.29) is 6.54 Å². The van der Waals surface area contributed by atoms with Gasteiger partial charge in [0.25, 0.3) is 0 Å². The van der Waals surface area contributed by atoms with Crippen molar-refractivity contribution < 1.29 is 28.6 Å². The van der Waals surface area contributed by atoms with Crippen LogP contribution in [0.3, 0.4) is 0 Å². The van der Waals surface area contributed by atoms with E-state index >= 15 is 0 Å². The lowest BCUT2D eigenvalue weighted by Gasteiger charge is -2.20. The second kappa shape index (κ2) is 10.5. The number of aryl methyl sites for hydroxylation is 3. The van der Waals surface area contributed by atoms with Crippen molar-refractivity contribution in [3.8, 4) is 11.5 Å². The van der Waals surface area contributed by atoms with Crippen LogP contribution in [-0.4, -0.2) is 40.2 Å². The van der Waals surface area contributed by atoms with E-state index in [9.17, 15) is 14.7 Å². The predicted octanol–water partition coefficient (Wildman–Crippen LogP) is 4.31. The van der Waals surface area contributed by atoms with Crippen LogP contribution >= 0.6 is 0 Å². The summed E-state index contributed by atoms with van der Waals surface area (Å²) in [5, 5.41) is 9.23. The lowest BCUT2D eigenvalue weighted by atomic mass is 10.2. The van der Waals surface area contributed by atoms with Crippen molar-refractivity contribution >= 4 is 12.1 Å². The summed E-state index contributed by atoms with van der Waals surface area (Å²) in [5.41, 5.74) is 2.60. The molecule has 3 rings (SSSR count). The minimum atomic E-state index is -1.13. The van der Waals surface area contributed by atoms with Crippen molar-refractivity contribution in [1.82, 2.24) is 9.88 Å². The third kappa shape index (κ3) is 6.60. The average Bonchev–Trinajstić information content (AvgIpc) is 3.06. The molecule has 0 aliphatic carbocycles. The number of carbonyl (C=O) groups excluding carboxylic acids is 1. The van der Waals surface area contributed by atoms with Crippen molar-refractivity contribution in [1.29, 1.82) is 0 Å². The number of oxazole rings is 1. The van der Waals surface area contributed by atoms with Gasteiger partial charge in [-0.1, -0.05) is 29.8 Å². The van der Waals surface area contributed by atoms with Crippen molar-refractivity contribution in [2.24, 2.45) is 0 Å². The molecule has 3 aromatic rings. The van der Waals surface area contributed by atoms with Crippen molar-refractivity contribution in [3.63, 3.8) is 0 Å². The maximum Gasteiger partial charge on any atom is 0.416 e. The molecule has 32 heavy (non-hydrogen) atoms. The fourth-order valence-corrected chi connectivity index (χ4v) is 3.14. The molecule has 1 heterocycles. The Labute approximate surface area is 186 Å². The van der Waals surface area contributed by atoms with E-state index in [0.717, 1.165) is 27.5 Å². The van der Waals surface area contributed by atoms with E-state index in [4.69, 9.17) is 13.9 Å². The summed E-state index contributed by atoms with van der Waals surface area (Å²) < 4.78 is 16.6. The first kappa shape index (κ1) is 22.9. The second-order valence-corrected chi connectivity index (χ2v) is 7.41. The molecule has 0 fully saturated rings. The van der Waals surface area contributed by atoms with Crippen LogP contribution in [-0.2, 0) is 17.8 Å². The molecule has 1 amide bonds. The molecule has 1 aromatic heterocycles. The molecular weight excluding hydrogens is 412 g/mol. The minimum Gasteiger partial charge on any atom is -0.493 e. The zero-order chi connectivity index (χ0) is 23.1. The predicted molar refractivity (Wildman–Crippen MR) is 117 cm³/mol. The van der Waals surface area contributed by atoms with Gasteiger partial charge in [0, 0.05) is 19.9 Å². The molecule has 0 bridgehead atoms. The van der Waals surface area contributed by atoms with Crippen LogP contribution in [0.4, 0.5) is 4.79 Å². The van der Waals surface area contributed by atoms with Gasteiger partial charge in [-0.05, 0) is 43.7 Å². The standard InChI is InChI=1S/C24H26N2O6/c1-16-7-9-20(10-8-16)32-24(29)26(15-23(27)28)14-19-5-4-6-21(13-19)30-12-11-22-17(2)31-18(3)25-22/h4-10,13H,11-12,14-15H2,1-3H3,(H,27,28). The molecule has 0 spiro atoms. The van der Waals surface area contributed by atoms with E-state index < -0.39 is 18.6 Å². The fourth-order valence-electron chi connectivity index (χ4n) is 3.14. The first-order chi connectivity index (χ1) is 15.3. The van der Waals surface area contributed by atoms with Gasteiger partial charge in [-0.25, -0.2) is 9.78 Å². The Morgan fingerprint density at radius 1 is 1.06 bits per heavy atom. The lowest BCUT2D eigenvalue weighted by Crippen LogP contribution is -2.37. The van der Waals surface area contributed by atoms with Crippen molar-refractivity contribution in [2.45, 2.75) is 33.7 Å². The summed E-state index contributed by atoms with van der Waals surface area (Å²) in [6.45, 7) is 5.57.